The van der Waals surface area contributed by atoms with Crippen LogP contribution < -0.4 is 15.0 Å². The van der Waals surface area contributed by atoms with Crippen molar-refractivity contribution in [2.24, 2.45) is 5.92 Å². The predicted octanol–water partition coefficient (Wildman–Crippen LogP) is 2.68. The van der Waals surface area contributed by atoms with Gasteiger partial charge in [-0.3, -0.25) is 9.59 Å². The van der Waals surface area contributed by atoms with Crippen molar-refractivity contribution in [3.63, 3.8) is 0 Å². The number of halogens is 2. The SMILES string of the molecule is Cc1cc(OCCCC2CCN(c3nc(C(F)F)no3)CC2)ccc1C(=O)NCC(=O)CO. The molecule has 11 heteroatoms. The highest BCUT2D eigenvalue weighted by molar-refractivity contribution is 5.98. The van der Waals surface area contributed by atoms with Gasteiger partial charge in [0.1, 0.15) is 12.4 Å². The molecule has 0 atom stereocenters. The van der Waals surface area contributed by atoms with Crippen molar-refractivity contribution in [2.75, 3.05) is 37.7 Å². The maximum Gasteiger partial charge on any atom is 0.324 e. The van der Waals surface area contributed by atoms with Crippen molar-refractivity contribution in [3.05, 3.63) is 35.2 Å². The van der Waals surface area contributed by atoms with Crippen molar-refractivity contribution in [2.45, 2.75) is 39.0 Å². The molecule has 0 aliphatic carbocycles. The molecule has 1 aliphatic heterocycles. The number of rotatable bonds is 11. The minimum Gasteiger partial charge on any atom is -0.494 e. The molecule has 0 saturated carbocycles. The molecule has 0 bridgehead atoms. The first-order valence-electron chi connectivity index (χ1n) is 10.9. The summed E-state index contributed by atoms with van der Waals surface area (Å²) >= 11 is 0. The van der Waals surface area contributed by atoms with Crippen LogP contribution in [-0.4, -0.2) is 59.8 Å². The number of aliphatic hydroxyl groups is 1. The third kappa shape index (κ3) is 6.95. The van der Waals surface area contributed by atoms with E-state index >= 15 is 0 Å². The number of nitrogens with zero attached hydrogens (tertiary/aromatic N) is 3. The summed E-state index contributed by atoms with van der Waals surface area (Å²) < 4.78 is 35.9. The number of aromatic nitrogens is 2. The van der Waals surface area contributed by atoms with Crippen LogP contribution in [0.4, 0.5) is 14.8 Å². The van der Waals surface area contributed by atoms with Gasteiger partial charge in [-0.15, -0.1) is 0 Å². The van der Waals surface area contributed by atoms with Gasteiger partial charge in [-0.25, -0.2) is 8.78 Å². The number of nitrogens with one attached hydrogen (secondary N) is 1. The van der Waals surface area contributed by atoms with Gasteiger partial charge in [0.05, 0.1) is 13.2 Å². The summed E-state index contributed by atoms with van der Waals surface area (Å²) in [5.41, 5.74) is 1.17. The number of benzene rings is 1. The van der Waals surface area contributed by atoms with Gasteiger partial charge in [-0.05, 0) is 62.3 Å². The van der Waals surface area contributed by atoms with Crippen LogP contribution in [0.3, 0.4) is 0 Å². The summed E-state index contributed by atoms with van der Waals surface area (Å²) in [4.78, 5) is 28.9. The maximum absolute atomic E-state index is 12.6. The average molecular weight is 466 g/mol. The van der Waals surface area contributed by atoms with Crippen molar-refractivity contribution in [1.82, 2.24) is 15.5 Å². The number of hydrogen-bond donors (Lipinski definition) is 2. The summed E-state index contributed by atoms with van der Waals surface area (Å²) in [6.45, 7) is 2.88. The number of hydrogen-bond acceptors (Lipinski definition) is 8. The lowest BCUT2D eigenvalue weighted by molar-refractivity contribution is -0.120. The molecule has 33 heavy (non-hydrogen) atoms. The molecular weight excluding hydrogens is 438 g/mol. The Morgan fingerprint density at radius 1 is 1.33 bits per heavy atom. The van der Waals surface area contributed by atoms with Gasteiger partial charge in [0.25, 0.3) is 5.91 Å². The minimum absolute atomic E-state index is 0.152. The number of anilines is 1. The van der Waals surface area contributed by atoms with Crippen LogP contribution >= 0.6 is 0 Å². The molecule has 9 nitrogen and oxygen atoms in total. The molecule has 1 aromatic heterocycles. The first-order chi connectivity index (χ1) is 15.9. The van der Waals surface area contributed by atoms with Gasteiger partial charge in [0.15, 0.2) is 5.78 Å². The Labute approximate surface area is 190 Å². The van der Waals surface area contributed by atoms with Gasteiger partial charge < -0.3 is 24.6 Å². The van der Waals surface area contributed by atoms with E-state index < -0.39 is 24.6 Å². The zero-order valence-electron chi connectivity index (χ0n) is 18.4. The number of piperidine rings is 1. The number of alkyl halides is 2. The second kappa shape index (κ2) is 11.7. The highest BCUT2D eigenvalue weighted by Gasteiger charge is 2.24. The minimum atomic E-state index is -2.74. The Balaban J connectivity index is 1.36. The normalized spacial score (nSPS) is 14.5. The zero-order valence-corrected chi connectivity index (χ0v) is 18.4. The lowest BCUT2D eigenvalue weighted by Crippen LogP contribution is -2.34. The second-order valence-corrected chi connectivity index (χ2v) is 8.01. The fraction of sp³-hybridized carbons (Fsp3) is 0.545. The zero-order chi connectivity index (χ0) is 23.8. The van der Waals surface area contributed by atoms with E-state index in [-0.39, 0.29) is 18.5 Å². The molecule has 2 aromatic rings. The fourth-order valence-electron chi connectivity index (χ4n) is 3.73. The van der Waals surface area contributed by atoms with Crippen LogP contribution in [0.2, 0.25) is 0 Å². The highest BCUT2D eigenvalue weighted by Crippen LogP contribution is 2.27. The number of amides is 1. The molecule has 1 fully saturated rings. The molecule has 1 saturated heterocycles. The van der Waals surface area contributed by atoms with Gasteiger partial charge in [0.2, 0.25) is 5.82 Å². The molecule has 3 rings (SSSR count). The molecule has 180 valence electrons. The lowest BCUT2D eigenvalue weighted by Gasteiger charge is -2.30. The molecule has 1 aliphatic rings. The summed E-state index contributed by atoms with van der Waals surface area (Å²) in [5, 5.41) is 14.5. The fourth-order valence-corrected chi connectivity index (χ4v) is 3.73. The summed E-state index contributed by atoms with van der Waals surface area (Å²) in [5.74, 6) is -0.237. The standard InChI is InChI=1S/C22H28F2N4O5/c1-14-11-17(4-5-18(14)21(31)25-12-16(30)13-29)32-10-2-3-15-6-8-28(9-7-15)22-26-20(19(23)24)27-33-22/h4-5,11,15,19,29H,2-3,6-10,12-13H2,1H3,(H,25,31). The van der Waals surface area contributed by atoms with E-state index in [1.807, 2.05) is 4.90 Å². The predicted molar refractivity (Wildman–Crippen MR) is 115 cm³/mol. The van der Waals surface area contributed by atoms with Gasteiger partial charge >= 0.3 is 12.4 Å². The molecular formula is C22H28F2N4O5. The smallest absolute Gasteiger partial charge is 0.324 e. The Hall–Kier alpha value is -3.08. The van der Waals surface area contributed by atoms with E-state index in [9.17, 15) is 18.4 Å². The lowest BCUT2D eigenvalue weighted by atomic mass is 9.92. The van der Waals surface area contributed by atoms with E-state index in [4.69, 9.17) is 14.4 Å². The monoisotopic (exact) mass is 466 g/mol. The first kappa shape index (κ1) is 24.6. The van der Waals surface area contributed by atoms with Crippen molar-refractivity contribution < 1.29 is 32.7 Å². The van der Waals surface area contributed by atoms with Crippen molar-refractivity contribution in [1.29, 1.82) is 0 Å². The topological polar surface area (TPSA) is 118 Å². The van der Waals surface area contributed by atoms with Crippen molar-refractivity contribution in [3.8, 4) is 5.75 Å². The number of ether oxygens (including phenoxy) is 1. The third-order valence-corrected chi connectivity index (χ3v) is 5.60. The summed E-state index contributed by atoms with van der Waals surface area (Å²) in [6, 6.07) is 5.29. The highest BCUT2D eigenvalue weighted by atomic mass is 19.3. The van der Waals surface area contributed by atoms with Crippen LogP contribution in [0.25, 0.3) is 0 Å². The summed E-state index contributed by atoms with van der Waals surface area (Å²) in [6.07, 6.45) is 0.936. The Morgan fingerprint density at radius 3 is 2.73 bits per heavy atom. The number of Topliss-reactive ketones (excluding diaryl/α,β-unsaturated/α-hetero) is 1. The van der Waals surface area contributed by atoms with E-state index in [0.717, 1.165) is 31.2 Å². The van der Waals surface area contributed by atoms with Crippen LogP contribution in [0.15, 0.2) is 22.7 Å². The number of aryl methyl sites for hydroxylation is 1. The first-order valence-corrected chi connectivity index (χ1v) is 10.9. The Bertz CT molecular complexity index is 945. The van der Waals surface area contributed by atoms with Crippen LogP contribution in [0.5, 0.6) is 5.75 Å². The Morgan fingerprint density at radius 2 is 2.09 bits per heavy atom. The second-order valence-electron chi connectivity index (χ2n) is 8.01. The van der Waals surface area contributed by atoms with Crippen molar-refractivity contribution >= 4 is 17.7 Å². The Kier molecular flexibility index (Phi) is 8.70. The van der Waals surface area contributed by atoms with E-state index in [1.165, 1.54) is 0 Å². The number of carbonyl (C=O) groups excluding carboxylic acids is 2. The number of aliphatic hydroxyl groups excluding tert-OH is 1. The molecule has 0 unspecified atom stereocenters. The summed E-state index contributed by atoms with van der Waals surface area (Å²) in [7, 11) is 0. The molecule has 1 amide bonds. The van der Waals surface area contributed by atoms with Crippen LogP contribution in [0.1, 0.15) is 53.9 Å². The third-order valence-electron chi connectivity index (χ3n) is 5.60. The average Bonchev–Trinajstić information content (AvgIpc) is 3.31. The largest absolute Gasteiger partial charge is 0.494 e. The molecule has 2 heterocycles. The van der Waals surface area contributed by atoms with Gasteiger partial charge in [0, 0.05) is 18.7 Å². The van der Waals surface area contributed by atoms with Gasteiger partial charge in [-0.2, -0.15) is 4.98 Å². The van der Waals surface area contributed by atoms with E-state index in [0.29, 0.717) is 36.9 Å². The molecule has 0 radical (unpaired) electrons. The number of ketones is 1. The quantitative estimate of drug-likeness (QED) is 0.486. The number of carbonyl (C=O) groups is 2. The molecule has 1 aromatic carbocycles. The molecule has 2 N–H and O–H groups in total. The van der Waals surface area contributed by atoms with E-state index in [1.54, 1.807) is 25.1 Å². The van der Waals surface area contributed by atoms with Crippen LogP contribution in [0, 0.1) is 12.8 Å². The van der Waals surface area contributed by atoms with Gasteiger partial charge in [-0.1, -0.05) is 5.16 Å². The van der Waals surface area contributed by atoms with E-state index in [2.05, 4.69) is 15.5 Å². The molecule has 0 spiro atoms. The van der Waals surface area contributed by atoms with Crippen LogP contribution in [-0.2, 0) is 4.79 Å². The maximum atomic E-state index is 12.6.